The molecule has 0 fully saturated rings. The van der Waals surface area contributed by atoms with Crippen molar-refractivity contribution in [3.05, 3.63) is 42.6 Å². The Balaban J connectivity index is 2.26. The summed E-state index contributed by atoms with van der Waals surface area (Å²) < 4.78 is 5.04. The molecule has 5 heteroatoms. The maximum atomic E-state index is 11.1. The van der Waals surface area contributed by atoms with Gasteiger partial charge in [0.05, 0.1) is 18.1 Å². The number of fused-ring (bicyclic) bond motifs is 1. The van der Waals surface area contributed by atoms with Crippen LogP contribution in [0.25, 0.3) is 22.2 Å². The van der Waals surface area contributed by atoms with E-state index in [1.165, 1.54) is 6.20 Å². The number of nitrogens with one attached hydrogen (secondary N) is 1. The summed E-state index contributed by atoms with van der Waals surface area (Å²) in [6, 6.07) is 3.57. The molecule has 3 heterocycles. The monoisotopic (exact) mass is 227 g/mol. The van der Waals surface area contributed by atoms with E-state index in [4.69, 9.17) is 10.2 Å². The van der Waals surface area contributed by atoms with E-state index in [1.807, 2.05) is 12.3 Å². The Morgan fingerprint density at radius 1 is 1.47 bits per heavy atom. The summed E-state index contributed by atoms with van der Waals surface area (Å²) in [5.74, 6) is -0.487. The summed E-state index contributed by atoms with van der Waals surface area (Å²) in [6.07, 6.45) is 6.52. The van der Waals surface area contributed by atoms with Gasteiger partial charge in [0.15, 0.2) is 0 Å². The minimum absolute atomic E-state index is 0.391. The molecule has 5 nitrogen and oxygen atoms in total. The fraction of sp³-hybridized carbons (Fsp3) is 0. The van der Waals surface area contributed by atoms with E-state index < -0.39 is 5.91 Å². The summed E-state index contributed by atoms with van der Waals surface area (Å²) in [5.41, 5.74) is 8.20. The van der Waals surface area contributed by atoms with Crippen LogP contribution in [-0.2, 0) is 0 Å². The fourth-order valence-corrected chi connectivity index (χ4v) is 1.79. The highest BCUT2D eigenvalue weighted by molar-refractivity contribution is 6.00. The molecule has 0 saturated carbocycles. The van der Waals surface area contributed by atoms with Crippen LogP contribution in [0.5, 0.6) is 0 Å². The number of H-pyrrole nitrogens is 1. The summed E-state index contributed by atoms with van der Waals surface area (Å²) in [7, 11) is 0. The van der Waals surface area contributed by atoms with Crippen molar-refractivity contribution in [1.29, 1.82) is 0 Å². The zero-order chi connectivity index (χ0) is 11.8. The number of carbonyl (C=O) groups excluding carboxylic acids is 1. The second-order valence-electron chi connectivity index (χ2n) is 3.70. The van der Waals surface area contributed by atoms with Gasteiger partial charge in [0, 0.05) is 28.9 Å². The molecule has 0 atom stereocenters. The van der Waals surface area contributed by atoms with E-state index in [9.17, 15) is 4.79 Å². The van der Waals surface area contributed by atoms with Crippen LogP contribution in [0, 0.1) is 0 Å². The van der Waals surface area contributed by atoms with Gasteiger partial charge in [-0.1, -0.05) is 0 Å². The molecule has 3 N–H and O–H groups in total. The second-order valence-corrected chi connectivity index (χ2v) is 3.70. The number of hydrogen-bond acceptors (Lipinski definition) is 3. The quantitative estimate of drug-likeness (QED) is 0.701. The molecule has 84 valence electrons. The van der Waals surface area contributed by atoms with Gasteiger partial charge in [0.25, 0.3) is 0 Å². The first kappa shape index (κ1) is 9.65. The first-order valence-corrected chi connectivity index (χ1v) is 5.05. The third kappa shape index (κ3) is 1.48. The van der Waals surface area contributed by atoms with E-state index in [1.54, 1.807) is 18.6 Å². The van der Waals surface area contributed by atoms with Crippen molar-refractivity contribution >= 4 is 16.9 Å². The fourth-order valence-electron chi connectivity index (χ4n) is 1.79. The smallest absolute Gasteiger partial charge is 0.250 e. The van der Waals surface area contributed by atoms with Crippen molar-refractivity contribution in [3.63, 3.8) is 0 Å². The number of nitrogens with zero attached hydrogens (tertiary/aromatic N) is 1. The Morgan fingerprint density at radius 2 is 2.35 bits per heavy atom. The minimum atomic E-state index is -0.487. The SMILES string of the molecule is NC(=O)c1cnc2[nH]cc(-c3ccoc3)c2c1. The van der Waals surface area contributed by atoms with Crippen LogP contribution in [0.2, 0.25) is 0 Å². The van der Waals surface area contributed by atoms with Crippen molar-refractivity contribution in [1.82, 2.24) is 9.97 Å². The van der Waals surface area contributed by atoms with Crippen LogP contribution < -0.4 is 5.73 Å². The lowest BCUT2D eigenvalue weighted by atomic mass is 10.1. The van der Waals surface area contributed by atoms with Crippen LogP contribution in [-0.4, -0.2) is 15.9 Å². The van der Waals surface area contributed by atoms with E-state index in [0.29, 0.717) is 11.2 Å². The molecule has 17 heavy (non-hydrogen) atoms. The molecule has 0 spiro atoms. The van der Waals surface area contributed by atoms with Gasteiger partial charge in [-0.3, -0.25) is 4.79 Å². The molecule has 3 aromatic rings. The van der Waals surface area contributed by atoms with E-state index in [0.717, 1.165) is 16.5 Å². The van der Waals surface area contributed by atoms with Gasteiger partial charge in [0.2, 0.25) is 5.91 Å². The molecular weight excluding hydrogens is 218 g/mol. The van der Waals surface area contributed by atoms with Crippen molar-refractivity contribution in [2.75, 3.05) is 0 Å². The lowest BCUT2D eigenvalue weighted by molar-refractivity contribution is 0.1000. The van der Waals surface area contributed by atoms with Crippen LogP contribution in [0.15, 0.2) is 41.5 Å². The number of nitrogens with two attached hydrogens (primary N) is 1. The van der Waals surface area contributed by atoms with Crippen molar-refractivity contribution in [3.8, 4) is 11.1 Å². The Morgan fingerprint density at radius 3 is 3.06 bits per heavy atom. The molecule has 0 bridgehead atoms. The second kappa shape index (κ2) is 3.48. The average Bonchev–Trinajstić information content (AvgIpc) is 2.96. The molecule has 0 aromatic carbocycles. The number of furan rings is 1. The molecule has 3 aromatic heterocycles. The number of carbonyl (C=O) groups is 1. The first-order chi connectivity index (χ1) is 8.25. The summed E-state index contributed by atoms with van der Waals surface area (Å²) in [6.45, 7) is 0. The maximum Gasteiger partial charge on any atom is 0.250 e. The van der Waals surface area contributed by atoms with Gasteiger partial charge in [0.1, 0.15) is 5.65 Å². The van der Waals surface area contributed by atoms with Gasteiger partial charge < -0.3 is 15.1 Å². The number of amides is 1. The van der Waals surface area contributed by atoms with Gasteiger partial charge in [-0.15, -0.1) is 0 Å². The van der Waals surface area contributed by atoms with Crippen LogP contribution in [0.1, 0.15) is 10.4 Å². The van der Waals surface area contributed by atoms with E-state index in [-0.39, 0.29) is 0 Å². The van der Waals surface area contributed by atoms with Gasteiger partial charge in [-0.05, 0) is 12.1 Å². The zero-order valence-corrected chi connectivity index (χ0v) is 8.81. The number of hydrogen-bond donors (Lipinski definition) is 2. The van der Waals surface area contributed by atoms with Gasteiger partial charge >= 0.3 is 0 Å². The largest absolute Gasteiger partial charge is 0.472 e. The highest BCUT2D eigenvalue weighted by Gasteiger charge is 2.10. The zero-order valence-electron chi connectivity index (χ0n) is 8.81. The summed E-state index contributed by atoms with van der Waals surface area (Å²) in [4.78, 5) is 18.3. The van der Waals surface area contributed by atoms with Crippen molar-refractivity contribution in [2.24, 2.45) is 5.73 Å². The molecule has 3 rings (SSSR count). The predicted molar refractivity (Wildman–Crippen MR) is 62.3 cm³/mol. The van der Waals surface area contributed by atoms with Crippen LogP contribution in [0.3, 0.4) is 0 Å². The molecule has 0 aliphatic carbocycles. The highest BCUT2D eigenvalue weighted by Crippen LogP contribution is 2.28. The molecule has 0 saturated heterocycles. The standard InChI is InChI=1S/C12H9N3O2/c13-11(16)8-3-9-10(7-1-2-17-6-7)5-15-12(9)14-4-8/h1-6H,(H2,13,16)(H,14,15). The average molecular weight is 227 g/mol. The first-order valence-electron chi connectivity index (χ1n) is 5.05. The third-order valence-electron chi connectivity index (χ3n) is 2.65. The molecule has 0 aliphatic rings. The Bertz CT molecular complexity index is 683. The van der Waals surface area contributed by atoms with Crippen LogP contribution in [0.4, 0.5) is 0 Å². The molecular formula is C12H9N3O2. The highest BCUT2D eigenvalue weighted by atomic mass is 16.3. The third-order valence-corrected chi connectivity index (χ3v) is 2.65. The summed E-state index contributed by atoms with van der Waals surface area (Å²) >= 11 is 0. The van der Waals surface area contributed by atoms with Crippen molar-refractivity contribution in [2.45, 2.75) is 0 Å². The molecule has 1 amide bonds. The van der Waals surface area contributed by atoms with Gasteiger partial charge in [-0.2, -0.15) is 0 Å². The number of pyridine rings is 1. The van der Waals surface area contributed by atoms with Crippen LogP contribution >= 0.6 is 0 Å². The maximum absolute atomic E-state index is 11.1. The Labute approximate surface area is 96.3 Å². The minimum Gasteiger partial charge on any atom is -0.472 e. The number of rotatable bonds is 2. The lowest BCUT2D eigenvalue weighted by Gasteiger charge is -1.97. The van der Waals surface area contributed by atoms with Gasteiger partial charge in [-0.25, -0.2) is 4.98 Å². The summed E-state index contributed by atoms with van der Waals surface area (Å²) in [5, 5.41) is 0.850. The molecule has 0 unspecified atom stereocenters. The molecule has 0 radical (unpaired) electrons. The molecule has 0 aliphatic heterocycles. The normalized spacial score (nSPS) is 10.8. The topological polar surface area (TPSA) is 84.9 Å². The number of aromatic amines is 1. The lowest BCUT2D eigenvalue weighted by Crippen LogP contribution is -2.10. The van der Waals surface area contributed by atoms with E-state index >= 15 is 0 Å². The van der Waals surface area contributed by atoms with E-state index in [2.05, 4.69) is 9.97 Å². The Kier molecular flexibility index (Phi) is 1.98. The van der Waals surface area contributed by atoms with Crippen molar-refractivity contribution < 1.29 is 9.21 Å². The predicted octanol–water partition coefficient (Wildman–Crippen LogP) is 1.92. The Hall–Kier alpha value is -2.56. The number of primary amides is 1. The number of aromatic nitrogens is 2.